The summed E-state index contributed by atoms with van der Waals surface area (Å²) >= 11 is 0. The molecular weight excluding hydrogens is 377 g/mol. The first-order valence-electron chi connectivity index (χ1n) is 8.04. The fourth-order valence-corrected chi connectivity index (χ4v) is 4.10. The van der Waals surface area contributed by atoms with Crippen molar-refractivity contribution >= 4 is 33.2 Å². The number of rotatable bonds is 2. The van der Waals surface area contributed by atoms with E-state index >= 15 is 0 Å². The normalized spacial score (nSPS) is 19.6. The first-order valence-corrected chi connectivity index (χ1v) is 9.44. The number of hydrogen-bond donors (Lipinski definition) is 1. The molecule has 27 heavy (non-hydrogen) atoms. The topological polar surface area (TPSA) is 88.2 Å². The maximum atomic E-state index is 14.4. The van der Waals surface area contributed by atoms with E-state index in [1.54, 1.807) is 24.3 Å². The molecule has 4 rings (SSSR count). The molecule has 1 amide bonds. The van der Waals surface area contributed by atoms with Gasteiger partial charge in [-0.3, -0.25) is 13.4 Å². The van der Waals surface area contributed by atoms with Crippen LogP contribution < -0.4 is 23.4 Å². The van der Waals surface area contributed by atoms with E-state index in [1.807, 2.05) is 0 Å². The van der Waals surface area contributed by atoms with Crippen LogP contribution in [0.15, 0.2) is 36.4 Å². The Balaban J connectivity index is 1.58. The van der Waals surface area contributed by atoms with Crippen LogP contribution in [-0.4, -0.2) is 41.1 Å². The smallest absolute Gasteiger partial charge is 0.326 e. The summed E-state index contributed by atoms with van der Waals surface area (Å²) in [5.41, 5.74) is 0.318. The predicted molar refractivity (Wildman–Crippen MR) is 97.1 cm³/mol. The third kappa shape index (κ3) is 2.72. The highest BCUT2D eigenvalue weighted by Gasteiger charge is 2.37. The number of ether oxygens (including phenoxy) is 2. The summed E-state index contributed by atoms with van der Waals surface area (Å²) in [4.78, 5) is 12.5. The van der Waals surface area contributed by atoms with E-state index in [1.165, 1.54) is 20.2 Å². The number of nitrogens with one attached hydrogen (secondary N) is 1. The second-order valence-corrected chi connectivity index (χ2v) is 8.11. The lowest BCUT2D eigenvalue weighted by Gasteiger charge is -2.25. The monoisotopic (exact) mass is 393 g/mol. The van der Waals surface area contributed by atoms with Crippen molar-refractivity contribution in [3.63, 3.8) is 0 Å². The largest absolute Gasteiger partial charge is 0.485 e. The fraction of sp³-hybridized carbons (Fsp3) is 0.235. The summed E-state index contributed by atoms with van der Waals surface area (Å²) in [5, 5.41) is 2.44. The first kappa shape index (κ1) is 17.4. The van der Waals surface area contributed by atoms with Crippen LogP contribution in [0, 0.1) is 5.82 Å². The number of halogens is 1. The summed E-state index contributed by atoms with van der Waals surface area (Å²) in [7, 11) is -1.05. The number of carbonyl (C=O) groups excluding carboxylic acids is 1. The molecule has 1 atom stereocenters. The van der Waals surface area contributed by atoms with Crippen LogP contribution in [0.4, 0.5) is 21.5 Å². The number of nitrogens with zero attached hydrogens (tertiary/aromatic N) is 2. The minimum Gasteiger partial charge on any atom is -0.485 e. The average molecular weight is 393 g/mol. The molecule has 2 heterocycles. The third-order valence-corrected chi connectivity index (χ3v) is 6.27. The Bertz CT molecular complexity index is 1040. The minimum atomic E-state index is -3.74. The molecule has 0 fully saturated rings. The molecule has 1 N–H and O–H groups in total. The highest BCUT2D eigenvalue weighted by atomic mass is 32.2. The lowest BCUT2D eigenvalue weighted by molar-refractivity contribution is -0.125. The van der Waals surface area contributed by atoms with Gasteiger partial charge in [0, 0.05) is 20.2 Å². The molecule has 0 bridgehead atoms. The van der Waals surface area contributed by atoms with Crippen LogP contribution in [-0.2, 0) is 15.0 Å². The van der Waals surface area contributed by atoms with Gasteiger partial charge in [0.05, 0.1) is 17.1 Å². The van der Waals surface area contributed by atoms with Crippen molar-refractivity contribution in [1.82, 2.24) is 0 Å². The molecule has 2 aliphatic rings. The molecule has 8 nitrogen and oxygen atoms in total. The molecule has 2 aromatic carbocycles. The van der Waals surface area contributed by atoms with Crippen molar-refractivity contribution in [3.05, 3.63) is 42.2 Å². The van der Waals surface area contributed by atoms with E-state index in [4.69, 9.17) is 9.47 Å². The number of anilines is 3. The zero-order valence-corrected chi connectivity index (χ0v) is 15.3. The van der Waals surface area contributed by atoms with Crippen molar-refractivity contribution in [2.24, 2.45) is 0 Å². The second kappa shape index (κ2) is 6.02. The van der Waals surface area contributed by atoms with E-state index in [-0.39, 0.29) is 23.7 Å². The summed E-state index contributed by atoms with van der Waals surface area (Å²) in [6, 6.07) is 9.26. The first-order chi connectivity index (χ1) is 12.8. The SMILES string of the molecule is CN1c2cc(F)c(NC(=O)[C@H]3COc4ccccc4O3)cc2N(C)S1(=O)=O. The van der Waals surface area contributed by atoms with Crippen LogP contribution in [0.5, 0.6) is 11.5 Å². The maximum Gasteiger partial charge on any atom is 0.326 e. The average Bonchev–Trinajstić information content (AvgIpc) is 2.82. The Kier molecular flexibility index (Phi) is 3.88. The number of amides is 1. The highest BCUT2D eigenvalue weighted by Crippen LogP contribution is 2.41. The molecule has 0 spiro atoms. The number of para-hydroxylation sites is 2. The van der Waals surface area contributed by atoms with Gasteiger partial charge in [-0.05, 0) is 18.2 Å². The summed E-state index contributed by atoms with van der Waals surface area (Å²) in [6.07, 6.45) is -0.961. The molecule has 142 valence electrons. The second-order valence-electron chi connectivity index (χ2n) is 6.12. The van der Waals surface area contributed by atoms with Gasteiger partial charge in [-0.1, -0.05) is 12.1 Å². The Hall–Kier alpha value is -3.01. The van der Waals surface area contributed by atoms with Crippen LogP contribution in [0.2, 0.25) is 0 Å². The summed E-state index contributed by atoms with van der Waals surface area (Å²) in [6.45, 7) is -0.0214. The Labute approximate surface area is 155 Å². The zero-order valence-electron chi connectivity index (χ0n) is 14.5. The number of fused-ring (bicyclic) bond motifs is 2. The molecular formula is C17H16FN3O5S. The number of benzene rings is 2. The van der Waals surface area contributed by atoms with Gasteiger partial charge < -0.3 is 14.8 Å². The lowest BCUT2D eigenvalue weighted by atomic mass is 10.2. The maximum absolute atomic E-state index is 14.4. The quantitative estimate of drug-likeness (QED) is 0.840. The molecule has 0 aromatic heterocycles. The molecule has 0 aliphatic carbocycles. The van der Waals surface area contributed by atoms with Gasteiger partial charge in [0.1, 0.15) is 12.4 Å². The summed E-state index contributed by atoms with van der Waals surface area (Å²) < 4.78 is 51.8. The molecule has 2 aliphatic heterocycles. The highest BCUT2D eigenvalue weighted by molar-refractivity contribution is 7.94. The predicted octanol–water partition coefficient (Wildman–Crippen LogP) is 1.73. The van der Waals surface area contributed by atoms with Crippen LogP contribution >= 0.6 is 0 Å². The number of carbonyl (C=O) groups is 1. The van der Waals surface area contributed by atoms with E-state index in [0.717, 1.165) is 14.7 Å². The van der Waals surface area contributed by atoms with Crippen molar-refractivity contribution < 1.29 is 27.1 Å². The minimum absolute atomic E-state index is 0.0214. The molecule has 0 saturated heterocycles. The van der Waals surface area contributed by atoms with Crippen LogP contribution in [0.1, 0.15) is 0 Å². The van der Waals surface area contributed by atoms with Gasteiger partial charge in [-0.15, -0.1) is 0 Å². The standard InChI is InChI=1S/C17H16FN3O5S/c1-20-12-7-10(18)11(8-13(12)21(2)27(20,23)24)19-17(22)16-9-25-14-5-3-4-6-15(14)26-16/h3-8,16H,9H2,1-2H3,(H,19,22)/t16-/m1/s1. The van der Waals surface area contributed by atoms with Crippen molar-refractivity contribution in [1.29, 1.82) is 0 Å². The fourth-order valence-electron chi connectivity index (χ4n) is 2.95. The van der Waals surface area contributed by atoms with Crippen molar-refractivity contribution in [2.45, 2.75) is 6.10 Å². The van der Waals surface area contributed by atoms with Crippen molar-refractivity contribution in [3.8, 4) is 11.5 Å². The Morgan fingerprint density at radius 3 is 2.48 bits per heavy atom. The van der Waals surface area contributed by atoms with Gasteiger partial charge in [0.2, 0.25) is 6.10 Å². The molecule has 10 heteroatoms. The van der Waals surface area contributed by atoms with Gasteiger partial charge in [0.15, 0.2) is 11.5 Å². The van der Waals surface area contributed by atoms with Gasteiger partial charge in [-0.25, -0.2) is 4.39 Å². The Morgan fingerprint density at radius 1 is 1.15 bits per heavy atom. The number of hydrogen-bond acceptors (Lipinski definition) is 5. The molecule has 0 unspecified atom stereocenters. The molecule has 0 radical (unpaired) electrons. The molecule has 2 aromatic rings. The Morgan fingerprint density at radius 2 is 1.78 bits per heavy atom. The van der Waals surface area contributed by atoms with Crippen molar-refractivity contribution in [2.75, 3.05) is 34.6 Å². The summed E-state index contributed by atoms with van der Waals surface area (Å²) in [5.74, 6) is -0.400. The van der Waals surface area contributed by atoms with E-state index in [2.05, 4.69) is 5.32 Å². The van der Waals surface area contributed by atoms with Gasteiger partial charge >= 0.3 is 10.2 Å². The van der Waals surface area contributed by atoms with Gasteiger partial charge in [0.25, 0.3) is 5.91 Å². The molecule has 0 saturated carbocycles. The van der Waals surface area contributed by atoms with Crippen LogP contribution in [0.3, 0.4) is 0 Å². The zero-order chi connectivity index (χ0) is 19.3. The van der Waals surface area contributed by atoms with E-state index in [0.29, 0.717) is 11.5 Å². The van der Waals surface area contributed by atoms with E-state index < -0.39 is 28.0 Å². The third-order valence-electron chi connectivity index (χ3n) is 4.49. The van der Waals surface area contributed by atoms with Gasteiger partial charge in [-0.2, -0.15) is 8.42 Å². The lowest BCUT2D eigenvalue weighted by Crippen LogP contribution is -2.40. The van der Waals surface area contributed by atoms with E-state index in [9.17, 15) is 17.6 Å². The van der Waals surface area contributed by atoms with Crippen LogP contribution in [0.25, 0.3) is 0 Å².